The van der Waals surface area contributed by atoms with Gasteiger partial charge in [-0.25, -0.2) is 4.79 Å². The van der Waals surface area contributed by atoms with E-state index in [4.69, 9.17) is 0 Å². The Hall–Kier alpha value is -2.71. The maximum Gasteiger partial charge on any atom is 0.332 e. The van der Waals surface area contributed by atoms with E-state index in [2.05, 4.69) is 5.32 Å². The van der Waals surface area contributed by atoms with Crippen molar-refractivity contribution in [3.63, 3.8) is 0 Å². The van der Waals surface area contributed by atoms with Crippen molar-refractivity contribution in [2.75, 3.05) is 5.32 Å². The summed E-state index contributed by atoms with van der Waals surface area (Å²) < 4.78 is 1.88. The Morgan fingerprint density at radius 2 is 1.70 bits per heavy atom. The van der Waals surface area contributed by atoms with Crippen LogP contribution in [0.3, 0.4) is 0 Å². The first kappa shape index (κ1) is 13.9. The van der Waals surface area contributed by atoms with Crippen LogP contribution in [0, 0.1) is 0 Å². The molecule has 0 saturated carbocycles. The number of fused-ring (bicyclic) bond motifs is 5. The van der Waals surface area contributed by atoms with Crippen LogP contribution in [-0.2, 0) is 25.4 Å². The minimum absolute atomic E-state index is 0.0639. The topological polar surface area (TPSA) is 114 Å². The first-order valence-corrected chi connectivity index (χ1v) is 6.93. The summed E-state index contributed by atoms with van der Waals surface area (Å²) in [5, 5.41) is 24.7. The van der Waals surface area contributed by atoms with E-state index in [1.807, 2.05) is 0 Å². The molecule has 8 heteroatoms. The lowest BCUT2D eigenvalue weighted by Gasteiger charge is -2.29. The van der Waals surface area contributed by atoms with Crippen LogP contribution in [0.25, 0.3) is 0 Å². The first-order valence-electron chi connectivity index (χ1n) is 6.93. The molecule has 0 fully saturated rings. The van der Waals surface area contributed by atoms with Gasteiger partial charge in [0.05, 0.1) is 0 Å². The van der Waals surface area contributed by atoms with Crippen LogP contribution in [-0.4, -0.2) is 25.1 Å². The Balaban J connectivity index is 2.17. The lowest BCUT2D eigenvalue weighted by atomic mass is 9.88. The molecule has 3 N–H and O–H groups in total. The number of rotatable bonds is 0. The lowest BCUT2D eigenvalue weighted by Crippen LogP contribution is -2.52. The number of hydrogen-bond donors (Lipinski definition) is 3. The van der Waals surface area contributed by atoms with E-state index in [9.17, 15) is 24.6 Å². The second kappa shape index (κ2) is 3.79. The second-order valence-electron chi connectivity index (χ2n) is 5.85. The van der Waals surface area contributed by atoms with Gasteiger partial charge in [-0.2, -0.15) is 0 Å². The summed E-state index contributed by atoms with van der Waals surface area (Å²) in [5.41, 5.74) is -6.16. The molecule has 118 valence electrons. The van der Waals surface area contributed by atoms with Gasteiger partial charge in [-0.05, 0) is 0 Å². The Bertz CT molecular complexity index is 1020. The van der Waals surface area contributed by atoms with Crippen LogP contribution in [0.5, 0.6) is 0 Å². The summed E-state index contributed by atoms with van der Waals surface area (Å²) >= 11 is 0. The lowest BCUT2D eigenvalue weighted by molar-refractivity contribution is -0.101. The van der Waals surface area contributed by atoms with Crippen LogP contribution >= 0.6 is 0 Å². The van der Waals surface area contributed by atoms with Crippen LogP contribution in [0.4, 0.5) is 5.82 Å². The average Bonchev–Trinajstić information content (AvgIpc) is 2.88. The van der Waals surface area contributed by atoms with Crippen LogP contribution in [0.1, 0.15) is 21.5 Å². The minimum Gasteiger partial charge on any atom is -0.372 e. The van der Waals surface area contributed by atoms with Gasteiger partial charge in [0.2, 0.25) is 17.1 Å². The maximum absolute atomic E-state index is 12.7. The third-order valence-electron chi connectivity index (χ3n) is 4.74. The summed E-state index contributed by atoms with van der Waals surface area (Å²) in [4.78, 5) is 37.3. The fourth-order valence-electron chi connectivity index (χ4n) is 3.49. The standard InChI is InChI=1S/C15H13N3O5/c1-17-11-9(12(20)18(2)13(17)21)14(22)10(19)7-5-3-4-6-8(7)15(14,23)16-11/h3-6,16,22-23H,1-2H3/t14-,15+/m1/s1. The zero-order valence-corrected chi connectivity index (χ0v) is 12.3. The zero-order valence-electron chi connectivity index (χ0n) is 12.3. The average molecular weight is 315 g/mol. The van der Waals surface area contributed by atoms with Gasteiger partial charge in [-0.3, -0.25) is 18.7 Å². The molecule has 2 atom stereocenters. The molecule has 4 rings (SSSR count). The number of nitrogens with one attached hydrogen (secondary N) is 1. The SMILES string of the molecule is Cn1c2c(c(=O)n(C)c1=O)[C@@]1(O)C(=O)c3ccccc3[C@@]1(O)N2. The van der Waals surface area contributed by atoms with Crippen molar-refractivity contribution in [2.24, 2.45) is 14.1 Å². The Morgan fingerprint density at radius 1 is 1.04 bits per heavy atom. The highest BCUT2D eigenvalue weighted by Gasteiger charge is 2.70. The number of carbonyl (C=O) groups excluding carboxylic acids is 1. The summed E-state index contributed by atoms with van der Waals surface area (Å²) in [6, 6.07) is 6.17. The van der Waals surface area contributed by atoms with Gasteiger partial charge in [0.15, 0.2) is 0 Å². The Kier molecular flexibility index (Phi) is 2.29. The van der Waals surface area contributed by atoms with Crippen molar-refractivity contribution in [1.82, 2.24) is 9.13 Å². The number of Topliss-reactive ketones (excluding diaryl/α,β-unsaturated/α-hetero) is 1. The molecule has 0 saturated heterocycles. The monoisotopic (exact) mass is 315 g/mol. The van der Waals surface area contributed by atoms with Gasteiger partial charge in [0.1, 0.15) is 11.4 Å². The highest BCUT2D eigenvalue weighted by atomic mass is 16.4. The molecule has 0 spiro atoms. The van der Waals surface area contributed by atoms with E-state index in [0.29, 0.717) is 0 Å². The maximum atomic E-state index is 12.7. The van der Waals surface area contributed by atoms with E-state index in [1.54, 1.807) is 12.1 Å². The number of anilines is 1. The van der Waals surface area contributed by atoms with Gasteiger partial charge in [0, 0.05) is 25.2 Å². The highest BCUT2D eigenvalue weighted by molar-refractivity contribution is 6.11. The molecule has 8 nitrogen and oxygen atoms in total. The summed E-state index contributed by atoms with van der Waals surface area (Å²) in [6.07, 6.45) is 0. The zero-order chi connectivity index (χ0) is 16.7. The molecule has 1 aliphatic heterocycles. The number of aromatic nitrogens is 2. The van der Waals surface area contributed by atoms with Crippen LogP contribution in [0.2, 0.25) is 0 Å². The normalized spacial score (nSPS) is 27.4. The molecular formula is C15H13N3O5. The summed E-state index contributed by atoms with van der Waals surface area (Å²) in [5.74, 6) is -0.844. The molecule has 0 radical (unpaired) electrons. The molecule has 2 aromatic rings. The highest BCUT2D eigenvalue weighted by Crippen LogP contribution is 2.54. The number of ketones is 1. The van der Waals surface area contributed by atoms with Crippen molar-refractivity contribution >= 4 is 11.6 Å². The van der Waals surface area contributed by atoms with E-state index in [0.717, 1.165) is 9.13 Å². The molecule has 23 heavy (non-hydrogen) atoms. The summed E-state index contributed by atoms with van der Waals surface area (Å²) in [7, 11) is 2.63. The fourth-order valence-corrected chi connectivity index (χ4v) is 3.49. The second-order valence-corrected chi connectivity index (χ2v) is 5.85. The molecule has 1 aliphatic carbocycles. The molecule has 0 unspecified atom stereocenters. The van der Waals surface area contributed by atoms with Gasteiger partial charge in [-0.1, -0.05) is 24.3 Å². The van der Waals surface area contributed by atoms with E-state index >= 15 is 0 Å². The molecule has 2 aliphatic rings. The molecule has 1 aromatic carbocycles. The minimum atomic E-state index is -2.48. The predicted octanol–water partition coefficient (Wildman–Crippen LogP) is -1.26. The number of benzene rings is 1. The number of hydrogen-bond acceptors (Lipinski definition) is 6. The first-order chi connectivity index (χ1) is 10.7. The molecule has 2 heterocycles. The van der Waals surface area contributed by atoms with E-state index in [-0.39, 0.29) is 22.5 Å². The third-order valence-corrected chi connectivity index (χ3v) is 4.74. The predicted molar refractivity (Wildman–Crippen MR) is 79.1 cm³/mol. The molecule has 0 bridgehead atoms. The number of nitrogens with zero attached hydrogens (tertiary/aromatic N) is 2. The van der Waals surface area contributed by atoms with Gasteiger partial charge in [-0.15, -0.1) is 0 Å². The molecule has 1 aromatic heterocycles. The molecular weight excluding hydrogens is 302 g/mol. The van der Waals surface area contributed by atoms with Gasteiger partial charge >= 0.3 is 5.69 Å². The molecule has 0 amide bonds. The Morgan fingerprint density at radius 3 is 2.39 bits per heavy atom. The van der Waals surface area contributed by atoms with Gasteiger partial charge in [0.25, 0.3) is 5.56 Å². The van der Waals surface area contributed by atoms with Crippen LogP contribution < -0.4 is 16.6 Å². The van der Waals surface area contributed by atoms with Gasteiger partial charge < -0.3 is 15.5 Å². The van der Waals surface area contributed by atoms with Crippen LogP contribution in [0.15, 0.2) is 33.9 Å². The fraction of sp³-hybridized carbons (Fsp3) is 0.267. The quantitative estimate of drug-likeness (QED) is 0.559. The Labute approximate surface area is 129 Å². The van der Waals surface area contributed by atoms with E-state index < -0.39 is 28.4 Å². The van der Waals surface area contributed by atoms with Crippen molar-refractivity contribution in [3.05, 3.63) is 61.8 Å². The van der Waals surface area contributed by atoms with Crippen molar-refractivity contribution in [3.8, 4) is 0 Å². The largest absolute Gasteiger partial charge is 0.372 e. The smallest absolute Gasteiger partial charge is 0.332 e. The van der Waals surface area contributed by atoms with E-state index in [1.165, 1.54) is 26.2 Å². The van der Waals surface area contributed by atoms with Crippen molar-refractivity contribution in [1.29, 1.82) is 0 Å². The van der Waals surface area contributed by atoms with Crippen molar-refractivity contribution in [2.45, 2.75) is 11.3 Å². The summed E-state index contributed by atoms with van der Waals surface area (Å²) in [6.45, 7) is 0. The third kappa shape index (κ3) is 1.24. The van der Waals surface area contributed by atoms with Crippen molar-refractivity contribution < 1.29 is 15.0 Å². The number of aliphatic hydroxyl groups is 2. The number of carbonyl (C=O) groups is 1.